The molecule has 0 aliphatic carbocycles. The fourth-order valence-corrected chi connectivity index (χ4v) is 2.38. The number of hydrogen-bond donors (Lipinski definition) is 1. The third-order valence-corrected chi connectivity index (χ3v) is 3.39. The van der Waals surface area contributed by atoms with Crippen LogP contribution in [0.15, 0.2) is 46.5 Å². The highest BCUT2D eigenvalue weighted by atomic mass is 35.5. The van der Waals surface area contributed by atoms with Gasteiger partial charge in [-0.25, -0.2) is 0 Å². The van der Waals surface area contributed by atoms with Crippen LogP contribution in [0, 0.1) is 0 Å². The zero-order valence-electron chi connectivity index (χ0n) is 7.13. The first-order valence-corrected chi connectivity index (χ1v) is 5.59. The summed E-state index contributed by atoms with van der Waals surface area (Å²) in [5.41, 5.74) is 0. The number of halogens is 2. The van der Waals surface area contributed by atoms with Gasteiger partial charge in [0.25, 0.3) is 0 Å². The minimum atomic E-state index is 0.698. The van der Waals surface area contributed by atoms with Crippen LogP contribution < -0.4 is 0 Å². The maximum atomic E-state index is 6.02. The lowest BCUT2D eigenvalue weighted by Crippen LogP contribution is -1.75. The first kappa shape index (κ1) is 9.97. The second-order valence-corrected chi connectivity index (χ2v) is 4.64. The number of benzene rings is 1. The van der Waals surface area contributed by atoms with Crippen molar-refractivity contribution in [3.63, 3.8) is 0 Å². The van der Waals surface area contributed by atoms with Gasteiger partial charge in [0.05, 0.1) is 10.0 Å². The van der Waals surface area contributed by atoms with E-state index >= 15 is 0 Å². The van der Waals surface area contributed by atoms with Gasteiger partial charge in [0.1, 0.15) is 0 Å². The molecule has 1 aromatic carbocycles. The molecule has 0 atom stereocenters. The summed E-state index contributed by atoms with van der Waals surface area (Å²) in [6.45, 7) is 0. The normalized spacial score (nSPS) is 10.4. The van der Waals surface area contributed by atoms with Gasteiger partial charge in [-0.3, -0.25) is 0 Å². The quantitative estimate of drug-likeness (QED) is 0.823. The van der Waals surface area contributed by atoms with Crippen molar-refractivity contribution in [3.05, 3.63) is 46.6 Å². The van der Waals surface area contributed by atoms with Crippen LogP contribution in [0.4, 0.5) is 0 Å². The molecule has 0 saturated carbocycles. The molecule has 0 amide bonds. The van der Waals surface area contributed by atoms with E-state index in [2.05, 4.69) is 4.98 Å². The van der Waals surface area contributed by atoms with E-state index in [4.69, 9.17) is 23.2 Å². The summed E-state index contributed by atoms with van der Waals surface area (Å²) in [6, 6.07) is 9.37. The highest BCUT2D eigenvalue weighted by Gasteiger charge is 2.03. The lowest BCUT2D eigenvalue weighted by molar-refractivity contribution is 1.20. The van der Waals surface area contributed by atoms with E-state index in [1.54, 1.807) is 23.9 Å². The van der Waals surface area contributed by atoms with Crippen molar-refractivity contribution in [2.45, 2.75) is 9.92 Å². The molecule has 0 aliphatic rings. The van der Waals surface area contributed by atoms with Gasteiger partial charge >= 0.3 is 0 Å². The summed E-state index contributed by atoms with van der Waals surface area (Å²) in [5.74, 6) is 0. The van der Waals surface area contributed by atoms with Gasteiger partial charge in [-0.05, 0) is 30.3 Å². The van der Waals surface area contributed by atoms with E-state index in [1.807, 2.05) is 24.4 Å². The van der Waals surface area contributed by atoms with Gasteiger partial charge in [0, 0.05) is 16.1 Å². The molecule has 0 unspecified atom stereocenters. The number of H-pyrrole nitrogens is 1. The van der Waals surface area contributed by atoms with Gasteiger partial charge in [-0.1, -0.05) is 35.0 Å². The minimum Gasteiger partial charge on any atom is -0.356 e. The fourth-order valence-electron chi connectivity index (χ4n) is 1.05. The monoisotopic (exact) mass is 243 g/mol. The van der Waals surface area contributed by atoms with Crippen LogP contribution in [-0.2, 0) is 0 Å². The van der Waals surface area contributed by atoms with Crippen molar-refractivity contribution in [2.75, 3.05) is 0 Å². The van der Waals surface area contributed by atoms with Gasteiger partial charge in [-0.2, -0.15) is 0 Å². The Balaban J connectivity index is 2.28. The number of nitrogens with one attached hydrogen (secondary N) is 1. The second kappa shape index (κ2) is 4.30. The number of aromatic nitrogens is 1. The van der Waals surface area contributed by atoms with Gasteiger partial charge in [-0.15, -0.1) is 0 Å². The molecule has 0 spiro atoms. The molecular formula is C10H7Cl2NS. The Morgan fingerprint density at radius 2 is 2.00 bits per heavy atom. The van der Waals surface area contributed by atoms with Crippen molar-refractivity contribution in [2.24, 2.45) is 0 Å². The summed E-state index contributed by atoms with van der Waals surface area (Å²) < 4.78 is 0. The Labute approximate surface area is 96.4 Å². The Bertz CT molecular complexity index is 426. The average Bonchev–Trinajstić information content (AvgIpc) is 2.64. The largest absolute Gasteiger partial charge is 0.356 e. The SMILES string of the molecule is Clc1ccc(Cl)c(Sc2ccc[nH]2)c1. The molecule has 1 aromatic heterocycles. The maximum absolute atomic E-state index is 6.02. The zero-order chi connectivity index (χ0) is 9.97. The molecule has 1 N–H and O–H groups in total. The van der Waals surface area contributed by atoms with Crippen molar-refractivity contribution in [3.8, 4) is 0 Å². The molecule has 0 saturated heterocycles. The Morgan fingerprint density at radius 3 is 2.71 bits per heavy atom. The van der Waals surface area contributed by atoms with E-state index < -0.39 is 0 Å². The first-order valence-electron chi connectivity index (χ1n) is 4.02. The van der Waals surface area contributed by atoms with Gasteiger partial charge in [0.15, 0.2) is 0 Å². The second-order valence-electron chi connectivity index (χ2n) is 2.71. The molecule has 1 nitrogen and oxygen atoms in total. The summed E-state index contributed by atoms with van der Waals surface area (Å²) in [5, 5.41) is 2.46. The number of aromatic amines is 1. The fraction of sp³-hybridized carbons (Fsp3) is 0. The number of hydrogen-bond acceptors (Lipinski definition) is 1. The summed E-state index contributed by atoms with van der Waals surface area (Å²) >= 11 is 13.5. The zero-order valence-corrected chi connectivity index (χ0v) is 9.46. The molecule has 2 rings (SSSR count). The predicted molar refractivity (Wildman–Crippen MR) is 61.4 cm³/mol. The van der Waals surface area contributed by atoms with Crippen LogP contribution in [0.5, 0.6) is 0 Å². The van der Waals surface area contributed by atoms with Crippen LogP contribution in [0.2, 0.25) is 10.0 Å². The molecule has 14 heavy (non-hydrogen) atoms. The molecule has 72 valence electrons. The van der Waals surface area contributed by atoms with Gasteiger partial charge in [0.2, 0.25) is 0 Å². The Kier molecular flexibility index (Phi) is 3.06. The Morgan fingerprint density at radius 1 is 1.14 bits per heavy atom. The molecule has 0 aliphatic heterocycles. The summed E-state index contributed by atoms with van der Waals surface area (Å²) in [7, 11) is 0. The summed E-state index contributed by atoms with van der Waals surface area (Å²) in [6.07, 6.45) is 1.88. The third-order valence-electron chi connectivity index (χ3n) is 1.68. The highest BCUT2D eigenvalue weighted by Crippen LogP contribution is 2.33. The topological polar surface area (TPSA) is 15.8 Å². The van der Waals surface area contributed by atoms with E-state index in [0.717, 1.165) is 9.92 Å². The maximum Gasteiger partial charge on any atom is 0.0770 e. The minimum absolute atomic E-state index is 0.698. The van der Waals surface area contributed by atoms with Crippen LogP contribution in [0.25, 0.3) is 0 Å². The van der Waals surface area contributed by atoms with E-state index in [0.29, 0.717) is 10.0 Å². The molecule has 4 heteroatoms. The number of rotatable bonds is 2. The Hall–Kier alpha value is -0.570. The van der Waals surface area contributed by atoms with E-state index in [9.17, 15) is 0 Å². The van der Waals surface area contributed by atoms with E-state index in [-0.39, 0.29) is 0 Å². The average molecular weight is 244 g/mol. The molecule has 0 radical (unpaired) electrons. The summed E-state index contributed by atoms with van der Waals surface area (Å²) in [4.78, 5) is 4.05. The molecular weight excluding hydrogens is 237 g/mol. The van der Waals surface area contributed by atoms with Crippen molar-refractivity contribution >= 4 is 35.0 Å². The third kappa shape index (κ3) is 2.27. The highest BCUT2D eigenvalue weighted by molar-refractivity contribution is 7.99. The van der Waals surface area contributed by atoms with Crippen LogP contribution in [0.3, 0.4) is 0 Å². The van der Waals surface area contributed by atoms with Gasteiger partial charge < -0.3 is 4.98 Å². The lowest BCUT2D eigenvalue weighted by Gasteiger charge is -2.02. The van der Waals surface area contributed by atoms with Crippen molar-refractivity contribution in [1.82, 2.24) is 4.98 Å². The first-order chi connectivity index (χ1) is 6.75. The smallest absolute Gasteiger partial charge is 0.0770 e. The molecule has 2 aromatic rings. The van der Waals surface area contributed by atoms with Crippen molar-refractivity contribution < 1.29 is 0 Å². The standard InChI is InChI=1S/C10H7Cl2NS/c11-7-3-4-8(12)9(6-7)14-10-2-1-5-13-10/h1-6,13H. The van der Waals surface area contributed by atoms with Crippen LogP contribution in [-0.4, -0.2) is 4.98 Å². The van der Waals surface area contributed by atoms with Crippen LogP contribution >= 0.6 is 35.0 Å². The van der Waals surface area contributed by atoms with Crippen molar-refractivity contribution in [1.29, 1.82) is 0 Å². The molecule has 1 heterocycles. The predicted octanol–water partition coefficient (Wildman–Crippen LogP) is 4.47. The lowest BCUT2D eigenvalue weighted by atomic mass is 10.4. The molecule has 0 fully saturated rings. The molecule has 0 bridgehead atoms. The van der Waals surface area contributed by atoms with Crippen LogP contribution in [0.1, 0.15) is 0 Å². The van der Waals surface area contributed by atoms with E-state index in [1.165, 1.54) is 0 Å².